The molecule has 0 saturated heterocycles. The van der Waals surface area contributed by atoms with Crippen molar-refractivity contribution >= 4 is 14.4 Å². The fraction of sp³-hybridized carbons (Fsp3) is 0.222. The van der Waals surface area contributed by atoms with Gasteiger partial charge in [0.25, 0.3) is 0 Å². The molecule has 1 aliphatic rings. The number of carbonyl (C=O) groups is 1. The highest BCUT2D eigenvalue weighted by molar-refractivity contribution is 7.28. The van der Waals surface area contributed by atoms with E-state index in [0.717, 1.165) is 0 Å². The van der Waals surface area contributed by atoms with Crippen molar-refractivity contribution in [1.82, 2.24) is 0 Å². The minimum absolute atomic E-state index is 0.0145. The number of aliphatic hydroxyl groups is 1. The van der Waals surface area contributed by atoms with Gasteiger partial charge in [-0.3, -0.25) is 4.57 Å². The summed E-state index contributed by atoms with van der Waals surface area (Å²) in [6.07, 6.45) is 1.98. The summed E-state index contributed by atoms with van der Waals surface area (Å²) in [5, 5.41) is 18.1. The van der Waals surface area contributed by atoms with Gasteiger partial charge in [-0.15, -0.1) is 0 Å². The molecule has 0 bridgehead atoms. The molecule has 0 radical (unpaired) electrons. The lowest BCUT2D eigenvalue weighted by Gasteiger charge is -2.21. The number of hydrogen-bond acceptors (Lipinski definition) is 4. The van der Waals surface area contributed by atoms with Crippen molar-refractivity contribution < 1.29 is 24.3 Å². The predicted octanol–water partition coefficient (Wildman–Crippen LogP) is 1.08. The Labute approximate surface area is 87.6 Å². The Morgan fingerprint density at radius 1 is 1.60 bits per heavy atom. The first-order valence-electron chi connectivity index (χ1n) is 4.05. The summed E-state index contributed by atoms with van der Waals surface area (Å²) >= 11 is 0. The molecule has 0 aromatic carbocycles. The Kier molecular flexibility index (Phi) is 3.77. The summed E-state index contributed by atoms with van der Waals surface area (Å²) < 4.78 is 15.3. The zero-order chi connectivity index (χ0) is 11.4. The lowest BCUT2D eigenvalue weighted by atomic mass is 10.0. The van der Waals surface area contributed by atoms with Gasteiger partial charge in [-0.1, -0.05) is 6.08 Å². The van der Waals surface area contributed by atoms with Crippen molar-refractivity contribution in [3.05, 3.63) is 35.9 Å². The summed E-state index contributed by atoms with van der Waals surface area (Å²) in [6.45, 7) is 3.31. The summed E-state index contributed by atoms with van der Waals surface area (Å²) in [4.78, 5) is 10.6. The molecular weight excluding hydrogens is 219 g/mol. The van der Waals surface area contributed by atoms with Crippen LogP contribution in [0.25, 0.3) is 0 Å². The lowest BCUT2D eigenvalue weighted by Crippen LogP contribution is -2.28. The Bertz CT molecular complexity index is 358. The Balaban J connectivity index is 2.79. The number of carboxylic acids is 1. The fourth-order valence-corrected chi connectivity index (χ4v) is 1.23. The summed E-state index contributed by atoms with van der Waals surface area (Å²) in [6, 6.07) is 0. The van der Waals surface area contributed by atoms with Crippen LogP contribution in [0.4, 0.5) is 0 Å². The maximum atomic E-state index is 10.6. The Morgan fingerprint density at radius 3 is 2.80 bits per heavy atom. The second-order valence-electron chi connectivity index (χ2n) is 2.84. The van der Waals surface area contributed by atoms with Crippen LogP contribution in [0.2, 0.25) is 0 Å². The van der Waals surface area contributed by atoms with E-state index in [-0.39, 0.29) is 11.1 Å². The molecule has 2 N–H and O–H groups in total. The van der Waals surface area contributed by atoms with Gasteiger partial charge in [-0.25, -0.2) is 4.79 Å². The Morgan fingerprint density at radius 2 is 2.27 bits per heavy atom. The topological polar surface area (TPSA) is 83.8 Å². The van der Waals surface area contributed by atoms with Crippen LogP contribution in [0.5, 0.6) is 0 Å². The van der Waals surface area contributed by atoms with Crippen LogP contribution in [0.3, 0.4) is 0 Å². The smallest absolute Gasteiger partial charge is 0.335 e. The highest BCUT2D eigenvalue weighted by Gasteiger charge is 2.23. The van der Waals surface area contributed by atoms with Crippen LogP contribution >= 0.6 is 8.46 Å². The standard InChI is InChI=1S/C9H9O5P/c1-5(15-13)14-8-4-6(9(11)12)2-3-7(8)10/h2-4,7-8,10H,1H2,(H,11,12)/t7-,8-/m1/s1. The van der Waals surface area contributed by atoms with E-state index in [1.54, 1.807) is 0 Å². The first kappa shape index (κ1) is 11.6. The minimum atomic E-state index is -1.11. The van der Waals surface area contributed by atoms with E-state index >= 15 is 0 Å². The molecule has 0 aromatic heterocycles. The number of ether oxygens (including phenoxy) is 1. The Hall–Kier alpha value is -1.45. The molecule has 0 fully saturated rings. The maximum Gasteiger partial charge on any atom is 0.335 e. The average Bonchev–Trinajstić information content (AvgIpc) is 2.20. The van der Waals surface area contributed by atoms with E-state index in [4.69, 9.17) is 9.84 Å². The van der Waals surface area contributed by atoms with Crippen molar-refractivity contribution in [3.63, 3.8) is 0 Å². The van der Waals surface area contributed by atoms with E-state index in [9.17, 15) is 14.5 Å². The van der Waals surface area contributed by atoms with E-state index < -0.39 is 26.6 Å². The van der Waals surface area contributed by atoms with Gasteiger partial charge >= 0.3 is 5.97 Å². The van der Waals surface area contributed by atoms with Crippen LogP contribution in [-0.4, -0.2) is 28.4 Å². The van der Waals surface area contributed by atoms with Crippen molar-refractivity contribution in [2.24, 2.45) is 0 Å². The highest BCUT2D eigenvalue weighted by Crippen LogP contribution is 2.20. The predicted molar refractivity (Wildman–Crippen MR) is 52.5 cm³/mol. The van der Waals surface area contributed by atoms with E-state index in [2.05, 4.69) is 6.58 Å². The second kappa shape index (κ2) is 4.87. The molecule has 1 aliphatic carbocycles. The zero-order valence-corrected chi connectivity index (χ0v) is 8.55. The molecule has 0 aliphatic heterocycles. The molecule has 15 heavy (non-hydrogen) atoms. The lowest BCUT2D eigenvalue weighted by molar-refractivity contribution is -0.132. The first-order valence-corrected chi connectivity index (χ1v) is 4.86. The van der Waals surface area contributed by atoms with E-state index in [1.807, 2.05) is 0 Å². The van der Waals surface area contributed by atoms with Crippen LogP contribution in [0, 0.1) is 0 Å². The normalized spacial score (nSPS) is 24.7. The minimum Gasteiger partial charge on any atom is -0.478 e. The van der Waals surface area contributed by atoms with Gasteiger partial charge in [-0.2, -0.15) is 0 Å². The third kappa shape index (κ3) is 3.01. The van der Waals surface area contributed by atoms with Crippen molar-refractivity contribution in [3.8, 4) is 0 Å². The highest BCUT2D eigenvalue weighted by atomic mass is 31.1. The van der Waals surface area contributed by atoms with Gasteiger partial charge in [-0.05, 0) is 18.7 Å². The molecule has 0 saturated carbocycles. The number of hydrogen-bond donors (Lipinski definition) is 2. The third-order valence-corrected chi connectivity index (χ3v) is 2.08. The molecule has 1 rings (SSSR count). The van der Waals surface area contributed by atoms with Crippen molar-refractivity contribution in [1.29, 1.82) is 0 Å². The molecule has 0 unspecified atom stereocenters. The van der Waals surface area contributed by atoms with E-state index in [0.29, 0.717) is 0 Å². The number of carboxylic acid groups (broad SMARTS) is 1. The van der Waals surface area contributed by atoms with Crippen LogP contribution < -0.4 is 0 Å². The molecule has 0 aromatic rings. The fourth-order valence-electron chi connectivity index (χ4n) is 1.07. The quantitative estimate of drug-likeness (QED) is 0.555. The largest absolute Gasteiger partial charge is 0.478 e. The average molecular weight is 228 g/mol. The SMILES string of the molecule is C=C(O[C@@H]1C=C(C(=O)O)C=C[C@H]1O)P=O. The molecule has 6 heteroatoms. The number of aliphatic carboxylic acids is 1. The van der Waals surface area contributed by atoms with Gasteiger partial charge in [0, 0.05) is 0 Å². The van der Waals surface area contributed by atoms with Gasteiger partial charge in [0.15, 0.2) is 5.50 Å². The molecule has 0 heterocycles. The summed E-state index contributed by atoms with van der Waals surface area (Å²) in [7, 11) is -0.397. The monoisotopic (exact) mass is 228 g/mol. The molecule has 5 nitrogen and oxygen atoms in total. The second-order valence-corrected chi connectivity index (χ2v) is 3.53. The third-order valence-electron chi connectivity index (χ3n) is 1.77. The number of rotatable bonds is 4. The molecule has 2 atom stereocenters. The van der Waals surface area contributed by atoms with Crippen LogP contribution in [0.1, 0.15) is 0 Å². The first-order chi connectivity index (χ1) is 7.04. The van der Waals surface area contributed by atoms with Crippen LogP contribution in [-0.2, 0) is 14.1 Å². The summed E-state index contributed by atoms with van der Waals surface area (Å²) in [5.74, 6) is -1.11. The zero-order valence-electron chi connectivity index (χ0n) is 7.66. The van der Waals surface area contributed by atoms with Gasteiger partial charge in [0.05, 0.1) is 5.57 Å². The van der Waals surface area contributed by atoms with Crippen molar-refractivity contribution in [2.75, 3.05) is 0 Å². The van der Waals surface area contributed by atoms with E-state index in [1.165, 1.54) is 18.2 Å². The van der Waals surface area contributed by atoms with Crippen molar-refractivity contribution in [2.45, 2.75) is 12.2 Å². The van der Waals surface area contributed by atoms with Gasteiger partial charge < -0.3 is 14.9 Å². The van der Waals surface area contributed by atoms with Gasteiger partial charge in [0.2, 0.25) is 8.46 Å². The molecule has 0 spiro atoms. The molecule has 0 amide bonds. The van der Waals surface area contributed by atoms with Gasteiger partial charge in [0.1, 0.15) is 12.2 Å². The van der Waals surface area contributed by atoms with Crippen LogP contribution in [0.15, 0.2) is 35.9 Å². The number of aliphatic hydroxyl groups excluding tert-OH is 1. The molecule has 80 valence electrons. The maximum absolute atomic E-state index is 10.6. The summed E-state index contributed by atoms with van der Waals surface area (Å²) in [5.41, 5.74) is -0.0454. The molecular formula is C9H9O5P.